The Morgan fingerprint density at radius 3 is 2.54 bits per heavy atom. The van der Waals surface area contributed by atoms with Crippen LogP contribution in [0, 0.1) is 5.82 Å². The first-order chi connectivity index (χ1) is 13.4. The first kappa shape index (κ1) is 21.5. The van der Waals surface area contributed by atoms with Gasteiger partial charge >= 0.3 is 5.97 Å². The van der Waals surface area contributed by atoms with Gasteiger partial charge in [-0.2, -0.15) is 0 Å². The van der Waals surface area contributed by atoms with Crippen LogP contribution in [0.4, 0.5) is 10.1 Å². The van der Waals surface area contributed by atoms with E-state index < -0.39 is 24.3 Å². The summed E-state index contributed by atoms with van der Waals surface area (Å²) in [5, 5.41) is 2.52. The smallest absolute Gasteiger partial charge is 0.338 e. The molecule has 0 aliphatic carbocycles. The molecule has 0 saturated carbocycles. The van der Waals surface area contributed by atoms with Gasteiger partial charge in [-0.3, -0.25) is 4.79 Å². The van der Waals surface area contributed by atoms with E-state index in [1.54, 1.807) is 6.07 Å². The van der Waals surface area contributed by atoms with E-state index in [0.29, 0.717) is 24.7 Å². The second-order valence-electron chi connectivity index (χ2n) is 5.69. The normalized spacial score (nSPS) is 10.3. The molecule has 0 aromatic heterocycles. The Morgan fingerprint density at radius 2 is 1.86 bits per heavy atom. The second kappa shape index (κ2) is 10.5. The predicted octanol–water partition coefficient (Wildman–Crippen LogP) is 4.46. The van der Waals surface area contributed by atoms with Crippen molar-refractivity contribution in [1.29, 1.82) is 0 Å². The zero-order chi connectivity index (χ0) is 20.5. The minimum absolute atomic E-state index is 0.0542. The van der Waals surface area contributed by atoms with Crippen molar-refractivity contribution < 1.29 is 28.2 Å². The number of hydrogen-bond donors (Lipinski definition) is 1. The number of ether oxygens (including phenoxy) is 3. The number of anilines is 1. The number of hydrogen-bond acceptors (Lipinski definition) is 5. The molecule has 0 aliphatic rings. The summed E-state index contributed by atoms with van der Waals surface area (Å²) >= 11 is 5.66. The van der Waals surface area contributed by atoms with Gasteiger partial charge in [0.05, 0.1) is 24.5 Å². The predicted molar refractivity (Wildman–Crippen MR) is 104 cm³/mol. The van der Waals surface area contributed by atoms with E-state index in [9.17, 15) is 14.0 Å². The number of halogens is 2. The molecule has 0 spiro atoms. The highest BCUT2D eigenvalue weighted by atomic mass is 35.5. The van der Waals surface area contributed by atoms with Gasteiger partial charge in [0.15, 0.2) is 18.1 Å². The Morgan fingerprint density at radius 1 is 1.07 bits per heavy atom. The van der Waals surface area contributed by atoms with Crippen molar-refractivity contribution in [2.24, 2.45) is 0 Å². The number of carbonyl (C=O) groups is 2. The lowest BCUT2D eigenvalue weighted by Crippen LogP contribution is -2.21. The molecule has 28 heavy (non-hydrogen) atoms. The molecule has 0 fully saturated rings. The summed E-state index contributed by atoms with van der Waals surface area (Å²) in [5.74, 6) is -1.14. The Bertz CT molecular complexity index is 843. The van der Waals surface area contributed by atoms with E-state index in [0.717, 1.165) is 12.5 Å². The molecule has 8 heteroatoms. The minimum atomic E-state index is -0.713. The molecule has 0 saturated heterocycles. The largest absolute Gasteiger partial charge is 0.490 e. The molecule has 1 amide bonds. The van der Waals surface area contributed by atoms with Gasteiger partial charge in [-0.05, 0) is 49.7 Å². The van der Waals surface area contributed by atoms with Crippen LogP contribution in [0.15, 0.2) is 36.4 Å². The summed E-state index contributed by atoms with van der Waals surface area (Å²) in [6.45, 7) is 4.14. The fraction of sp³-hybridized carbons (Fsp3) is 0.300. The molecule has 0 heterocycles. The van der Waals surface area contributed by atoms with Crippen molar-refractivity contribution in [2.45, 2.75) is 20.3 Å². The molecule has 2 aromatic rings. The molecule has 0 atom stereocenters. The quantitative estimate of drug-likeness (QED) is 0.619. The average Bonchev–Trinajstić information content (AvgIpc) is 2.67. The maximum Gasteiger partial charge on any atom is 0.338 e. The van der Waals surface area contributed by atoms with Crippen LogP contribution >= 0.6 is 11.6 Å². The molecule has 2 aromatic carbocycles. The van der Waals surface area contributed by atoms with Crippen molar-refractivity contribution in [3.8, 4) is 11.5 Å². The lowest BCUT2D eigenvalue weighted by molar-refractivity contribution is -0.119. The first-order valence-corrected chi connectivity index (χ1v) is 9.14. The van der Waals surface area contributed by atoms with Crippen LogP contribution in [0.25, 0.3) is 0 Å². The van der Waals surface area contributed by atoms with Crippen LogP contribution in [0.2, 0.25) is 5.02 Å². The van der Waals surface area contributed by atoms with Gasteiger partial charge in [-0.25, -0.2) is 9.18 Å². The van der Waals surface area contributed by atoms with Crippen molar-refractivity contribution in [3.05, 3.63) is 52.8 Å². The monoisotopic (exact) mass is 409 g/mol. The molecule has 0 unspecified atom stereocenters. The number of esters is 1. The summed E-state index contributed by atoms with van der Waals surface area (Å²) in [5.41, 5.74) is 0.152. The lowest BCUT2D eigenvalue weighted by atomic mass is 10.2. The second-order valence-corrected chi connectivity index (χ2v) is 6.13. The fourth-order valence-electron chi connectivity index (χ4n) is 2.23. The molecule has 0 bridgehead atoms. The molecule has 0 aliphatic heterocycles. The Kier molecular flexibility index (Phi) is 8.07. The van der Waals surface area contributed by atoms with Gasteiger partial charge in [-0.1, -0.05) is 18.5 Å². The highest BCUT2D eigenvalue weighted by Crippen LogP contribution is 2.29. The molecular formula is C20H21ClFNO5. The maximum atomic E-state index is 13.7. The van der Waals surface area contributed by atoms with Crippen LogP contribution in [-0.4, -0.2) is 31.7 Å². The summed E-state index contributed by atoms with van der Waals surface area (Å²) in [4.78, 5) is 24.1. The molecule has 1 N–H and O–H groups in total. The number of benzene rings is 2. The van der Waals surface area contributed by atoms with E-state index in [-0.39, 0.29) is 16.3 Å². The van der Waals surface area contributed by atoms with Gasteiger partial charge < -0.3 is 19.5 Å². The first-order valence-electron chi connectivity index (χ1n) is 8.76. The van der Waals surface area contributed by atoms with Crippen LogP contribution in [0.3, 0.4) is 0 Å². The van der Waals surface area contributed by atoms with Crippen molar-refractivity contribution in [3.63, 3.8) is 0 Å². The number of amides is 1. The molecule has 150 valence electrons. The summed E-state index contributed by atoms with van der Waals surface area (Å²) < 4.78 is 29.7. The van der Waals surface area contributed by atoms with Crippen LogP contribution in [0.1, 0.15) is 30.6 Å². The number of carbonyl (C=O) groups excluding carboxylic acids is 2. The van der Waals surface area contributed by atoms with E-state index in [1.807, 2.05) is 13.8 Å². The van der Waals surface area contributed by atoms with Crippen molar-refractivity contribution in [2.75, 3.05) is 25.1 Å². The molecule has 6 nitrogen and oxygen atoms in total. The zero-order valence-electron chi connectivity index (χ0n) is 15.6. The highest BCUT2D eigenvalue weighted by molar-refractivity contribution is 6.30. The Labute approximate surface area is 167 Å². The van der Waals surface area contributed by atoms with E-state index in [4.69, 9.17) is 25.8 Å². The van der Waals surface area contributed by atoms with E-state index in [2.05, 4.69) is 5.32 Å². The van der Waals surface area contributed by atoms with Gasteiger partial charge in [-0.15, -0.1) is 0 Å². The third kappa shape index (κ3) is 6.13. The standard InChI is InChI=1S/C20H21ClFNO5/c1-3-9-27-17-8-5-13(10-18(17)26-4-2)20(25)28-12-19(24)23-16-7-6-14(21)11-15(16)22/h5-8,10-11H,3-4,9,12H2,1-2H3,(H,23,24). The average molecular weight is 410 g/mol. The highest BCUT2D eigenvalue weighted by Gasteiger charge is 2.15. The van der Waals surface area contributed by atoms with Crippen molar-refractivity contribution in [1.82, 2.24) is 0 Å². The summed E-state index contributed by atoms with van der Waals surface area (Å²) in [6, 6.07) is 8.45. The fourth-order valence-corrected chi connectivity index (χ4v) is 2.38. The van der Waals surface area contributed by atoms with E-state index in [1.165, 1.54) is 24.3 Å². The Balaban J connectivity index is 1.97. The molecular weight excluding hydrogens is 389 g/mol. The maximum absolute atomic E-state index is 13.7. The van der Waals surface area contributed by atoms with Crippen LogP contribution in [-0.2, 0) is 9.53 Å². The third-order valence-electron chi connectivity index (χ3n) is 3.48. The summed E-state index contributed by atoms with van der Waals surface area (Å²) in [6.07, 6.45) is 0.832. The Hall–Kier alpha value is -2.80. The molecule has 2 rings (SSSR count). The summed E-state index contributed by atoms with van der Waals surface area (Å²) in [7, 11) is 0. The lowest BCUT2D eigenvalue weighted by Gasteiger charge is -2.13. The number of nitrogens with one attached hydrogen (secondary N) is 1. The van der Waals surface area contributed by atoms with Gasteiger partial charge in [0.25, 0.3) is 5.91 Å². The van der Waals surface area contributed by atoms with Gasteiger partial charge in [0.2, 0.25) is 0 Å². The van der Waals surface area contributed by atoms with E-state index >= 15 is 0 Å². The van der Waals surface area contributed by atoms with Gasteiger partial charge in [0.1, 0.15) is 5.82 Å². The SMILES string of the molecule is CCCOc1ccc(C(=O)OCC(=O)Nc2ccc(Cl)cc2F)cc1OCC. The zero-order valence-corrected chi connectivity index (χ0v) is 16.3. The number of rotatable bonds is 9. The van der Waals surface area contributed by atoms with Crippen LogP contribution < -0.4 is 14.8 Å². The third-order valence-corrected chi connectivity index (χ3v) is 3.72. The minimum Gasteiger partial charge on any atom is -0.490 e. The topological polar surface area (TPSA) is 73.9 Å². The van der Waals surface area contributed by atoms with Gasteiger partial charge in [0, 0.05) is 5.02 Å². The van der Waals surface area contributed by atoms with Crippen molar-refractivity contribution >= 4 is 29.2 Å². The van der Waals surface area contributed by atoms with Crippen LogP contribution in [0.5, 0.6) is 11.5 Å². The molecule has 0 radical (unpaired) electrons.